The average Bonchev–Trinajstić information content (AvgIpc) is 2.39. The first-order chi connectivity index (χ1) is 9.08. The SMILES string of the molecule is CCC(CNC)C(=O)NCCc1cc(C)ccc1C. The maximum absolute atomic E-state index is 12.0. The van der Waals surface area contributed by atoms with E-state index >= 15 is 0 Å². The summed E-state index contributed by atoms with van der Waals surface area (Å²) in [6, 6.07) is 6.46. The molecule has 1 amide bonds. The van der Waals surface area contributed by atoms with Crippen LogP contribution in [0.25, 0.3) is 0 Å². The van der Waals surface area contributed by atoms with E-state index in [9.17, 15) is 4.79 Å². The molecule has 3 nitrogen and oxygen atoms in total. The summed E-state index contributed by atoms with van der Waals surface area (Å²) in [4.78, 5) is 12.0. The third kappa shape index (κ3) is 5.03. The highest BCUT2D eigenvalue weighted by Gasteiger charge is 2.14. The molecule has 1 aromatic rings. The molecule has 2 N–H and O–H groups in total. The summed E-state index contributed by atoms with van der Waals surface area (Å²) >= 11 is 0. The van der Waals surface area contributed by atoms with Crippen LogP contribution in [0.1, 0.15) is 30.0 Å². The van der Waals surface area contributed by atoms with E-state index in [0.717, 1.165) is 19.4 Å². The number of carbonyl (C=O) groups is 1. The number of hydrogen-bond acceptors (Lipinski definition) is 2. The van der Waals surface area contributed by atoms with Gasteiger partial charge in [0.1, 0.15) is 0 Å². The van der Waals surface area contributed by atoms with E-state index in [-0.39, 0.29) is 11.8 Å². The molecule has 0 heterocycles. The first-order valence-electron chi connectivity index (χ1n) is 7.07. The van der Waals surface area contributed by atoms with Crippen molar-refractivity contribution in [3.8, 4) is 0 Å². The van der Waals surface area contributed by atoms with Crippen LogP contribution in [0.15, 0.2) is 18.2 Å². The van der Waals surface area contributed by atoms with Crippen LogP contribution in [0.2, 0.25) is 0 Å². The van der Waals surface area contributed by atoms with Crippen LogP contribution < -0.4 is 10.6 Å². The summed E-state index contributed by atoms with van der Waals surface area (Å²) in [7, 11) is 1.88. The number of carbonyl (C=O) groups excluding carboxylic acids is 1. The van der Waals surface area contributed by atoms with Gasteiger partial charge in [0.15, 0.2) is 0 Å². The molecule has 1 atom stereocenters. The third-order valence-electron chi connectivity index (χ3n) is 3.51. The second-order valence-corrected chi connectivity index (χ2v) is 5.13. The van der Waals surface area contributed by atoms with Crippen molar-refractivity contribution in [1.82, 2.24) is 10.6 Å². The molecule has 0 radical (unpaired) electrons. The van der Waals surface area contributed by atoms with Crippen LogP contribution in [0.4, 0.5) is 0 Å². The first-order valence-corrected chi connectivity index (χ1v) is 7.07. The zero-order valence-corrected chi connectivity index (χ0v) is 12.5. The van der Waals surface area contributed by atoms with E-state index in [4.69, 9.17) is 0 Å². The Labute approximate surface area is 116 Å². The Bertz CT molecular complexity index is 415. The molecule has 0 aromatic heterocycles. The number of aryl methyl sites for hydroxylation is 2. The second-order valence-electron chi connectivity index (χ2n) is 5.13. The summed E-state index contributed by atoms with van der Waals surface area (Å²) in [5.41, 5.74) is 3.89. The predicted octanol–water partition coefficient (Wildman–Crippen LogP) is 2.21. The van der Waals surface area contributed by atoms with Gasteiger partial charge < -0.3 is 10.6 Å². The molecule has 0 bridgehead atoms. The summed E-state index contributed by atoms with van der Waals surface area (Å²) < 4.78 is 0. The Morgan fingerprint density at radius 1 is 1.32 bits per heavy atom. The predicted molar refractivity (Wildman–Crippen MR) is 80.3 cm³/mol. The van der Waals surface area contributed by atoms with Gasteiger partial charge in [0.05, 0.1) is 5.92 Å². The number of hydrogen-bond donors (Lipinski definition) is 2. The molecular formula is C16H26N2O. The smallest absolute Gasteiger partial charge is 0.224 e. The van der Waals surface area contributed by atoms with Crippen molar-refractivity contribution >= 4 is 5.91 Å². The Balaban J connectivity index is 2.45. The molecule has 106 valence electrons. The van der Waals surface area contributed by atoms with Gasteiger partial charge in [-0.3, -0.25) is 4.79 Å². The summed E-state index contributed by atoms with van der Waals surface area (Å²) in [6.45, 7) is 7.72. The van der Waals surface area contributed by atoms with Gasteiger partial charge >= 0.3 is 0 Å². The molecule has 0 saturated heterocycles. The Hall–Kier alpha value is -1.35. The number of rotatable bonds is 7. The van der Waals surface area contributed by atoms with Crippen molar-refractivity contribution in [2.45, 2.75) is 33.6 Å². The first kappa shape index (κ1) is 15.7. The van der Waals surface area contributed by atoms with Gasteiger partial charge in [0.25, 0.3) is 0 Å². The molecule has 0 aliphatic rings. The molecular weight excluding hydrogens is 236 g/mol. The normalized spacial score (nSPS) is 12.2. The number of nitrogens with one attached hydrogen (secondary N) is 2. The summed E-state index contributed by atoms with van der Waals surface area (Å²) in [5.74, 6) is 0.228. The molecule has 19 heavy (non-hydrogen) atoms. The molecule has 0 saturated carbocycles. The van der Waals surface area contributed by atoms with Crippen LogP contribution in [0.5, 0.6) is 0 Å². The van der Waals surface area contributed by atoms with Crippen molar-refractivity contribution in [2.75, 3.05) is 20.1 Å². The van der Waals surface area contributed by atoms with Gasteiger partial charge in [-0.25, -0.2) is 0 Å². The summed E-state index contributed by atoms with van der Waals surface area (Å²) in [5, 5.41) is 6.10. The average molecular weight is 262 g/mol. The standard InChI is InChI=1S/C16H26N2O/c1-5-14(11-17-4)16(19)18-9-8-15-10-12(2)6-7-13(15)3/h6-7,10,14,17H,5,8-9,11H2,1-4H3,(H,18,19). The highest BCUT2D eigenvalue weighted by Crippen LogP contribution is 2.11. The maximum Gasteiger partial charge on any atom is 0.224 e. The zero-order valence-electron chi connectivity index (χ0n) is 12.5. The molecule has 1 rings (SSSR count). The fraction of sp³-hybridized carbons (Fsp3) is 0.562. The van der Waals surface area contributed by atoms with Gasteiger partial charge in [0.2, 0.25) is 5.91 Å². The molecule has 0 aliphatic heterocycles. The largest absolute Gasteiger partial charge is 0.355 e. The Morgan fingerprint density at radius 3 is 2.68 bits per heavy atom. The number of benzene rings is 1. The van der Waals surface area contributed by atoms with Crippen LogP contribution in [-0.2, 0) is 11.2 Å². The minimum atomic E-state index is 0.0728. The lowest BCUT2D eigenvalue weighted by Gasteiger charge is -2.15. The third-order valence-corrected chi connectivity index (χ3v) is 3.51. The fourth-order valence-electron chi connectivity index (χ4n) is 2.20. The molecule has 0 spiro atoms. The van der Waals surface area contributed by atoms with E-state index in [2.05, 4.69) is 42.7 Å². The molecule has 1 unspecified atom stereocenters. The van der Waals surface area contributed by atoms with Crippen molar-refractivity contribution in [2.24, 2.45) is 5.92 Å². The van der Waals surface area contributed by atoms with E-state index in [1.807, 2.05) is 14.0 Å². The highest BCUT2D eigenvalue weighted by atomic mass is 16.1. The lowest BCUT2D eigenvalue weighted by Crippen LogP contribution is -2.36. The van der Waals surface area contributed by atoms with Crippen LogP contribution in [0, 0.1) is 19.8 Å². The van der Waals surface area contributed by atoms with E-state index in [0.29, 0.717) is 6.54 Å². The maximum atomic E-state index is 12.0. The van der Waals surface area contributed by atoms with Crippen molar-refractivity contribution < 1.29 is 4.79 Å². The quantitative estimate of drug-likeness (QED) is 0.791. The summed E-state index contributed by atoms with van der Waals surface area (Å²) in [6.07, 6.45) is 1.77. The van der Waals surface area contributed by atoms with Crippen molar-refractivity contribution in [3.05, 3.63) is 34.9 Å². The lowest BCUT2D eigenvalue weighted by molar-refractivity contribution is -0.124. The van der Waals surface area contributed by atoms with Gasteiger partial charge in [-0.15, -0.1) is 0 Å². The molecule has 0 fully saturated rings. The topological polar surface area (TPSA) is 41.1 Å². The van der Waals surface area contributed by atoms with E-state index < -0.39 is 0 Å². The van der Waals surface area contributed by atoms with Crippen molar-refractivity contribution in [1.29, 1.82) is 0 Å². The molecule has 1 aromatic carbocycles. The van der Waals surface area contributed by atoms with Gasteiger partial charge in [-0.2, -0.15) is 0 Å². The highest BCUT2D eigenvalue weighted by molar-refractivity contribution is 5.78. The zero-order chi connectivity index (χ0) is 14.3. The van der Waals surface area contributed by atoms with Gasteiger partial charge in [-0.05, 0) is 44.9 Å². The number of amides is 1. The Kier molecular flexibility index (Phi) is 6.57. The van der Waals surface area contributed by atoms with Crippen LogP contribution >= 0.6 is 0 Å². The molecule has 0 aliphatic carbocycles. The van der Waals surface area contributed by atoms with Crippen molar-refractivity contribution in [3.63, 3.8) is 0 Å². The van der Waals surface area contributed by atoms with Crippen LogP contribution in [0.3, 0.4) is 0 Å². The fourth-order valence-corrected chi connectivity index (χ4v) is 2.20. The van der Waals surface area contributed by atoms with E-state index in [1.165, 1.54) is 16.7 Å². The van der Waals surface area contributed by atoms with E-state index in [1.54, 1.807) is 0 Å². The lowest BCUT2D eigenvalue weighted by atomic mass is 10.0. The van der Waals surface area contributed by atoms with Gasteiger partial charge in [-0.1, -0.05) is 30.7 Å². The second kappa shape index (κ2) is 7.95. The van der Waals surface area contributed by atoms with Crippen LogP contribution in [-0.4, -0.2) is 26.0 Å². The minimum Gasteiger partial charge on any atom is -0.355 e. The Morgan fingerprint density at radius 2 is 2.05 bits per heavy atom. The monoisotopic (exact) mass is 262 g/mol. The minimum absolute atomic E-state index is 0.0728. The van der Waals surface area contributed by atoms with Gasteiger partial charge in [0, 0.05) is 13.1 Å². The molecule has 3 heteroatoms.